The molecule has 3 aromatic rings. The molecule has 5 nitrogen and oxygen atoms in total. The number of aromatic hydroxyl groups is 1. The molecule has 5 heteroatoms. The molecule has 2 aromatic carbocycles. The highest BCUT2D eigenvalue weighted by atomic mass is 16.4. The van der Waals surface area contributed by atoms with Crippen molar-refractivity contribution in [3.8, 4) is 5.75 Å². The van der Waals surface area contributed by atoms with Crippen molar-refractivity contribution in [1.82, 2.24) is 9.88 Å². The summed E-state index contributed by atoms with van der Waals surface area (Å²) in [5.74, 6) is -0.588. The van der Waals surface area contributed by atoms with Gasteiger partial charge in [-0.1, -0.05) is 30.3 Å². The molecule has 0 saturated carbocycles. The van der Waals surface area contributed by atoms with Crippen molar-refractivity contribution in [2.75, 3.05) is 0 Å². The molecule has 122 valence electrons. The fourth-order valence-corrected chi connectivity index (χ4v) is 3.51. The highest BCUT2D eigenvalue weighted by Crippen LogP contribution is 2.31. The number of fused-ring (bicyclic) bond motifs is 3. The Hall–Kier alpha value is -2.79. The van der Waals surface area contributed by atoms with Crippen molar-refractivity contribution >= 4 is 16.9 Å². The second-order valence-corrected chi connectivity index (χ2v) is 6.26. The maximum Gasteiger partial charge on any atom is 0.321 e. The van der Waals surface area contributed by atoms with Gasteiger partial charge in [-0.3, -0.25) is 9.69 Å². The van der Waals surface area contributed by atoms with E-state index in [1.807, 2.05) is 41.3 Å². The van der Waals surface area contributed by atoms with Crippen LogP contribution in [-0.2, 0) is 24.3 Å². The van der Waals surface area contributed by atoms with Crippen LogP contribution in [0.2, 0.25) is 0 Å². The van der Waals surface area contributed by atoms with Gasteiger partial charge in [-0.25, -0.2) is 0 Å². The van der Waals surface area contributed by atoms with Crippen LogP contribution in [0.1, 0.15) is 16.8 Å². The molecule has 0 aliphatic carbocycles. The van der Waals surface area contributed by atoms with Crippen LogP contribution in [0.4, 0.5) is 0 Å². The molecule has 0 unspecified atom stereocenters. The minimum absolute atomic E-state index is 0.213. The van der Waals surface area contributed by atoms with E-state index in [0.717, 1.165) is 27.7 Å². The van der Waals surface area contributed by atoms with E-state index in [-0.39, 0.29) is 5.75 Å². The molecule has 0 fully saturated rings. The number of hydrogen-bond acceptors (Lipinski definition) is 3. The van der Waals surface area contributed by atoms with Crippen LogP contribution in [-0.4, -0.2) is 32.1 Å². The summed E-state index contributed by atoms with van der Waals surface area (Å²) < 4.78 is 0. The summed E-state index contributed by atoms with van der Waals surface area (Å²) in [5, 5.41) is 20.2. The van der Waals surface area contributed by atoms with Crippen LogP contribution in [0, 0.1) is 0 Å². The summed E-state index contributed by atoms with van der Waals surface area (Å²) in [5.41, 5.74) is 4.24. The van der Waals surface area contributed by atoms with Gasteiger partial charge in [0.1, 0.15) is 11.8 Å². The fraction of sp³-hybridized carbons (Fsp3) is 0.211. The van der Waals surface area contributed by atoms with Crippen LogP contribution in [0.25, 0.3) is 10.9 Å². The molecule has 0 saturated heterocycles. The highest BCUT2D eigenvalue weighted by Gasteiger charge is 2.33. The Balaban J connectivity index is 1.69. The van der Waals surface area contributed by atoms with Gasteiger partial charge in [0.05, 0.1) is 0 Å². The van der Waals surface area contributed by atoms with Gasteiger partial charge in [-0.2, -0.15) is 0 Å². The summed E-state index contributed by atoms with van der Waals surface area (Å²) in [6.45, 7) is 1.11. The predicted octanol–water partition coefficient (Wildman–Crippen LogP) is 2.89. The fourth-order valence-electron chi connectivity index (χ4n) is 3.51. The van der Waals surface area contributed by atoms with Crippen LogP contribution in [0.3, 0.4) is 0 Å². The second-order valence-electron chi connectivity index (χ2n) is 6.26. The molecule has 3 N–H and O–H groups in total. The molecule has 0 radical (unpaired) electrons. The number of phenolic OH excluding ortho intramolecular Hbond substituents is 1. The van der Waals surface area contributed by atoms with E-state index < -0.39 is 12.0 Å². The van der Waals surface area contributed by atoms with E-state index in [1.54, 1.807) is 12.1 Å². The van der Waals surface area contributed by atoms with E-state index >= 15 is 0 Å². The van der Waals surface area contributed by atoms with E-state index in [1.165, 1.54) is 0 Å². The lowest BCUT2D eigenvalue weighted by Gasteiger charge is -2.33. The predicted molar refractivity (Wildman–Crippen MR) is 90.8 cm³/mol. The second kappa shape index (κ2) is 5.69. The smallest absolute Gasteiger partial charge is 0.321 e. The van der Waals surface area contributed by atoms with Crippen LogP contribution in [0.15, 0.2) is 48.5 Å². The van der Waals surface area contributed by atoms with Gasteiger partial charge < -0.3 is 15.2 Å². The number of hydrogen-bond donors (Lipinski definition) is 3. The van der Waals surface area contributed by atoms with E-state index in [0.29, 0.717) is 19.5 Å². The Bertz CT molecular complexity index is 899. The first-order valence-electron chi connectivity index (χ1n) is 7.95. The Morgan fingerprint density at radius 1 is 1.17 bits per heavy atom. The molecule has 2 heterocycles. The Morgan fingerprint density at radius 3 is 2.67 bits per heavy atom. The van der Waals surface area contributed by atoms with E-state index in [2.05, 4.69) is 4.98 Å². The van der Waals surface area contributed by atoms with Crippen LogP contribution >= 0.6 is 0 Å². The quantitative estimate of drug-likeness (QED) is 0.693. The molecule has 0 bridgehead atoms. The number of H-pyrrole nitrogens is 1. The summed E-state index contributed by atoms with van der Waals surface area (Å²) in [7, 11) is 0. The molecule has 0 amide bonds. The van der Waals surface area contributed by atoms with Crippen molar-refractivity contribution in [2.45, 2.75) is 25.6 Å². The number of nitrogens with zero attached hydrogens (tertiary/aromatic N) is 1. The molecule has 1 aliphatic heterocycles. The number of carbonyl (C=O) groups is 1. The van der Waals surface area contributed by atoms with Crippen LogP contribution < -0.4 is 0 Å². The van der Waals surface area contributed by atoms with Gasteiger partial charge >= 0.3 is 5.97 Å². The third-order valence-corrected chi connectivity index (χ3v) is 4.71. The normalized spacial score (nSPS) is 17.8. The lowest BCUT2D eigenvalue weighted by molar-refractivity contribution is -0.144. The number of benzene rings is 2. The Kier molecular flexibility index (Phi) is 3.50. The van der Waals surface area contributed by atoms with E-state index in [4.69, 9.17) is 0 Å². The maximum atomic E-state index is 11.8. The van der Waals surface area contributed by atoms with Crippen molar-refractivity contribution in [2.24, 2.45) is 0 Å². The van der Waals surface area contributed by atoms with Gasteiger partial charge in [0.15, 0.2) is 0 Å². The number of aromatic nitrogens is 1. The zero-order chi connectivity index (χ0) is 16.7. The molecular formula is C19H18N2O3. The molecule has 1 atom stereocenters. The summed E-state index contributed by atoms with van der Waals surface area (Å²) in [6, 6.07) is 14.4. The highest BCUT2D eigenvalue weighted by molar-refractivity contribution is 5.86. The first-order valence-corrected chi connectivity index (χ1v) is 7.95. The zero-order valence-corrected chi connectivity index (χ0v) is 13.1. The largest absolute Gasteiger partial charge is 0.508 e. The Morgan fingerprint density at radius 2 is 1.92 bits per heavy atom. The SMILES string of the molecule is O=C(O)[C@H]1Cc2c([nH]c3ccccc23)CN1Cc1ccc(O)cc1. The number of phenols is 1. The average Bonchev–Trinajstić information content (AvgIpc) is 2.93. The van der Waals surface area contributed by atoms with Gasteiger partial charge in [-0.15, -0.1) is 0 Å². The topological polar surface area (TPSA) is 76.6 Å². The van der Waals surface area contributed by atoms with Gasteiger partial charge in [0, 0.05) is 36.1 Å². The monoisotopic (exact) mass is 322 g/mol. The number of carboxylic acids is 1. The van der Waals surface area contributed by atoms with Gasteiger partial charge in [0.25, 0.3) is 0 Å². The molecule has 1 aromatic heterocycles. The molecule has 1 aliphatic rings. The minimum Gasteiger partial charge on any atom is -0.508 e. The third-order valence-electron chi connectivity index (χ3n) is 4.71. The third kappa shape index (κ3) is 2.53. The van der Waals surface area contributed by atoms with Crippen molar-refractivity contribution < 1.29 is 15.0 Å². The Labute approximate surface area is 139 Å². The first-order chi connectivity index (χ1) is 11.6. The van der Waals surface area contributed by atoms with Crippen molar-refractivity contribution in [3.63, 3.8) is 0 Å². The first kappa shape index (κ1) is 14.8. The van der Waals surface area contributed by atoms with Crippen molar-refractivity contribution in [1.29, 1.82) is 0 Å². The molecular weight excluding hydrogens is 304 g/mol. The number of nitrogens with one attached hydrogen (secondary N) is 1. The average molecular weight is 322 g/mol. The number of para-hydroxylation sites is 1. The number of aromatic amines is 1. The van der Waals surface area contributed by atoms with Gasteiger partial charge in [0.2, 0.25) is 0 Å². The minimum atomic E-state index is -0.801. The maximum absolute atomic E-state index is 11.8. The lowest BCUT2D eigenvalue weighted by atomic mass is 9.96. The van der Waals surface area contributed by atoms with Crippen LogP contribution in [0.5, 0.6) is 5.75 Å². The lowest BCUT2D eigenvalue weighted by Crippen LogP contribution is -2.44. The molecule has 0 spiro atoms. The summed E-state index contributed by atoms with van der Waals surface area (Å²) >= 11 is 0. The molecule has 4 rings (SSSR count). The number of rotatable bonds is 3. The summed E-state index contributed by atoms with van der Waals surface area (Å²) in [6.07, 6.45) is 0.493. The van der Waals surface area contributed by atoms with Crippen molar-refractivity contribution in [3.05, 3.63) is 65.4 Å². The standard InChI is InChI=1S/C19H18N2O3/c22-13-7-5-12(6-8-13)10-21-11-17-15(9-18(21)19(23)24)14-3-1-2-4-16(14)20-17/h1-8,18,20,22H,9-11H2,(H,23,24)/t18-/m1/s1. The molecule has 24 heavy (non-hydrogen) atoms. The number of carboxylic acid groups (broad SMARTS) is 1. The number of aliphatic carboxylic acids is 1. The summed E-state index contributed by atoms with van der Waals surface area (Å²) in [4.78, 5) is 17.2. The van der Waals surface area contributed by atoms with E-state index in [9.17, 15) is 15.0 Å². The van der Waals surface area contributed by atoms with Gasteiger partial charge in [-0.05, 0) is 29.3 Å². The zero-order valence-electron chi connectivity index (χ0n) is 13.1.